The van der Waals surface area contributed by atoms with Gasteiger partial charge in [-0.05, 0) is 36.1 Å². The Kier molecular flexibility index (Phi) is 4.15. The molecule has 0 aliphatic carbocycles. The summed E-state index contributed by atoms with van der Waals surface area (Å²) in [6.07, 6.45) is 5.11. The molecule has 1 aromatic carbocycles. The summed E-state index contributed by atoms with van der Waals surface area (Å²) in [5, 5.41) is 2.98. The third kappa shape index (κ3) is 3.40. The van der Waals surface area contributed by atoms with Gasteiger partial charge >= 0.3 is 0 Å². The maximum Gasteiger partial charge on any atom is 0.226 e. The summed E-state index contributed by atoms with van der Waals surface area (Å²) in [5.41, 5.74) is 2.24. The number of aromatic nitrogens is 1. The second-order valence-electron chi connectivity index (χ2n) is 5.22. The number of fused-ring (bicyclic) bond motifs is 1. The van der Waals surface area contributed by atoms with Crippen LogP contribution in [-0.4, -0.2) is 24.0 Å². The summed E-state index contributed by atoms with van der Waals surface area (Å²) < 4.78 is 5.65. The van der Waals surface area contributed by atoms with Crippen LogP contribution < -0.4 is 10.1 Å². The van der Waals surface area contributed by atoms with Gasteiger partial charge in [0.1, 0.15) is 12.4 Å². The average Bonchev–Trinajstić information content (AvgIpc) is 2.55. The molecule has 4 nitrogen and oxygen atoms in total. The smallest absolute Gasteiger partial charge is 0.226 e. The molecule has 1 unspecified atom stereocenters. The van der Waals surface area contributed by atoms with Crippen molar-refractivity contribution in [1.29, 1.82) is 0 Å². The monoisotopic (exact) mass is 282 g/mol. The highest BCUT2D eigenvalue weighted by molar-refractivity contribution is 5.79. The number of carbonyl (C=O) groups excluding carboxylic acids is 1. The Balaban J connectivity index is 1.50. The summed E-state index contributed by atoms with van der Waals surface area (Å²) in [7, 11) is 0. The van der Waals surface area contributed by atoms with E-state index in [1.807, 2.05) is 42.6 Å². The number of para-hydroxylation sites is 1. The van der Waals surface area contributed by atoms with Gasteiger partial charge in [-0.1, -0.05) is 24.3 Å². The van der Waals surface area contributed by atoms with Crippen LogP contribution in [0.5, 0.6) is 5.75 Å². The van der Waals surface area contributed by atoms with Crippen molar-refractivity contribution >= 4 is 5.91 Å². The molecular weight excluding hydrogens is 264 g/mol. The van der Waals surface area contributed by atoms with Crippen LogP contribution in [0, 0.1) is 5.92 Å². The zero-order valence-electron chi connectivity index (χ0n) is 11.8. The number of nitrogens with zero attached hydrogens (tertiary/aromatic N) is 1. The predicted molar refractivity (Wildman–Crippen MR) is 80.1 cm³/mol. The minimum absolute atomic E-state index is 0.0633. The van der Waals surface area contributed by atoms with E-state index in [0.717, 1.165) is 29.7 Å². The van der Waals surface area contributed by atoms with Crippen LogP contribution in [0.15, 0.2) is 48.8 Å². The van der Waals surface area contributed by atoms with E-state index in [0.29, 0.717) is 13.2 Å². The van der Waals surface area contributed by atoms with Gasteiger partial charge in [-0.15, -0.1) is 0 Å². The van der Waals surface area contributed by atoms with E-state index in [2.05, 4.69) is 10.3 Å². The van der Waals surface area contributed by atoms with Gasteiger partial charge in [0, 0.05) is 18.9 Å². The largest absolute Gasteiger partial charge is 0.492 e. The van der Waals surface area contributed by atoms with Crippen molar-refractivity contribution in [1.82, 2.24) is 10.3 Å². The Hall–Kier alpha value is -2.36. The van der Waals surface area contributed by atoms with Crippen LogP contribution in [0.3, 0.4) is 0 Å². The fraction of sp³-hybridized carbons (Fsp3) is 0.294. The van der Waals surface area contributed by atoms with Gasteiger partial charge in [0.2, 0.25) is 5.91 Å². The maximum absolute atomic E-state index is 12.2. The molecule has 1 atom stereocenters. The molecule has 0 bridgehead atoms. The number of hydrogen-bond donors (Lipinski definition) is 1. The summed E-state index contributed by atoms with van der Waals surface area (Å²) in [6.45, 7) is 1.08. The molecule has 4 heteroatoms. The first-order chi connectivity index (χ1) is 10.3. The maximum atomic E-state index is 12.2. The lowest BCUT2D eigenvalue weighted by atomic mass is 9.96. The second kappa shape index (κ2) is 6.39. The van der Waals surface area contributed by atoms with E-state index in [4.69, 9.17) is 4.74 Å². The number of rotatable bonds is 4. The topological polar surface area (TPSA) is 51.2 Å². The average molecular weight is 282 g/mol. The Labute approximate surface area is 124 Å². The highest BCUT2D eigenvalue weighted by Gasteiger charge is 2.25. The Morgan fingerprint density at radius 3 is 3.05 bits per heavy atom. The minimum Gasteiger partial charge on any atom is -0.492 e. The van der Waals surface area contributed by atoms with Gasteiger partial charge < -0.3 is 10.1 Å². The van der Waals surface area contributed by atoms with Crippen LogP contribution in [0.4, 0.5) is 0 Å². The van der Waals surface area contributed by atoms with E-state index in [1.165, 1.54) is 0 Å². The standard InChI is InChI=1S/C17H18N2O2/c20-17(19-9-7-13-4-3-8-18-11-13)15-10-14-5-1-2-6-16(14)21-12-15/h1-6,8,11,15H,7,9-10,12H2,(H,19,20). The summed E-state index contributed by atoms with van der Waals surface area (Å²) >= 11 is 0. The van der Waals surface area contributed by atoms with E-state index in [9.17, 15) is 4.79 Å². The van der Waals surface area contributed by atoms with E-state index >= 15 is 0 Å². The molecule has 0 saturated heterocycles. The first-order valence-electron chi connectivity index (χ1n) is 7.20. The molecule has 0 radical (unpaired) electrons. The van der Waals surface area contributed by atoms with Crippen LogP contribution >= 0.6 is 0 Å². The Morgan fingerprint density at radius 1 is 1.29 bits per heavy atom. The van der Waals surface area contributed by atoms with Gasteiger partial charge in [0.05, 0.1) is 5.92 Å². The SMILES string of the molecule is O=C(NCCc1cccnc1)C1COc2ccccc2C1. The number of carbonyl (C=O) groups is 1. The summed E-state index contributed by atoms with van der Waals surface area (Å²) in [4.78, 5) is 16.3. The molecule has 0 saturated carbocycles. The number of amides is 1. The zero-order chi connectivity index (χ0) is 14.5. The molecule has 1 aliphatic heterocycles. The Morgan fingerprint density at radius 2 is 2.19 bits per heavy atom. The van der Waals surface area contributed by atoms with Crippen LogP contribution in [0.1, 0.15) is 11.1 Å². The molecule has 2 aromatic rings. The van der Waals surface area contributed by atoms with Crippen molar-refractivity contribution in [3.05, 3.63) is 59.9 Å². The van der Waals surface area contributed by atoms with Crippen molar-refractivity contribution in [2.24, 2.45) is 5.92 Å². The Bertz CT molecular complexity index is 613. The first kappa shape index (κ1) is 13.6. The van der Waals surface area contributed by atoms with Gasteiger partial charge in [0.15, 0.2) is 0 Å². The second-order valence-corrected chi connectivity index (χ2v) is 5.22. The molecule has 1 amide bonds. The van der Waals surface area contributed by atoms with Gasteiger partial charge in [-0.3, -0.25) is 9.78 Å². The molecule has 0 spiro atoms. The van der Waals surface area contributed by atoms with Crippen LogP contribution in [0.2, 0.25) is 0 Å². The first-order valence-corrected chi connectivity index (χ1v) is 7.20. The molecule has 1 N–H and O–H groups in total. The van der Waals surface area contributed by atoms with Crippen LogP contribution in [-0.2, 0) is 17.6 Å². The summed E-state index contributed by atoms with van der Waals surface area (Å²) in [5.74, 6) is 0.860. The minimum atomic E-state index is -0.103. The van der Waals surface area contributed by atoms with E-state index in [1.54, 1.807) is 6.20 Å². The molecule has 1 aromatic heterocycles. The number of pyridine rings is 1. The van der Waals surface area contributed by atoms with Crippen molar-refractivity contribution in [3.63, 3.8) is 0 Å². The number of ether oxygens (including phenoxy) is 1. The van der Waals surface area contributed by atoms with Crippen LogP contribution in [0.25, 0.3) is 0 Å². The lowest BCUT2D eigenvalue weighted by Crippen LogP contribution is -2.38. The highest BCUT2D eigenvalue weighted by atomic mass is 16.5. The van der Waals surface area contributed by atoms with Crippen molar-refractivity contribution < 1.29 is 9.53 Å². The molecular formula is C17H18N2O2. The van der Waals surface area contributed by atoms with Crippen molar-refractivity contribution in [2.75, 3.05) is 13.2 Å². The van der Waals surface area contributed by atoms with Gasteiger partial charge in [-0.25, -0.2) is 0 Å². The molecule has 0 fully saturated rings. The lowest BCUT2D eigenvalue weighted by Gasteiger charge is -2.24. The molecule has 108 valence electrons. The van der Waals surface area contributed by atoms with E-state index in [-0.39, 0.29) is 11.8 Å². The quantitative estimate of drug-likeness (QED) is 0.933. The fourth-order valence-corrected chi connectivity index (χ4v) is 2.52. The number of nitrogens with one attached hydrogen (secondary N) is 1. The molecule has 1 aliphatic rings. The normalized spacial score (nSPS) is 16.7. The molecule has 3 rings (SSSR count). The fourth-order valence-electron chi connectivity index (χ4n) is 2.52. The highest BCUT2D eigenvalue weighted by Crippen LogP contribution is 2.26. The molecule has 21 heavy (non-hydrogen) atoms. The predicted octanol–water partition coefficient (Wildman–Crippen LogP) is 1.99. The summed E-state index contributed by atoms with van der Waals surface area (Å²) in [6, 6.07) is 11.8. The zero-order valence-corrected chi connectivity index (χ0v) is 11.8. The van der Waals surface area contributed by atoms with Crippen molar-refractivity contribution in [2.45, 2.75) is 12.8 Å². The number of hydrogen-bond acceptors (Lipinski definition) is 3. The van der Waals surface area contributed by atoms with E-state index < -0.39 is 0 Å². The lowest BCUT2D eigenvalue weighted by molar-refractivity contribution is -0.126. The van der Waals surface area contributed by atoms with Gasteiger partial charge in [-0.2, -0.15) is 0 Å². The molecule has 2 heterocycles. The van der Waals surface area contributed by atoms with Gasteiger partial charge in [0.25, 0.3) is 0 Å². The van der Waals surface area contributed by atoms with Crippen molar-refractivity contribution in [3.8, 4) is 5.75 Å². The third-order valence-electron chi connectivity index (χ3n) is 3.69. The number of benzene rings is 1. The third-order valence-corrected chi connectivity index (χ3v) is 3.69.